The fraction of sp³-hybridized carbons (Fsp3) is 0.949. The maximum atomic E-state index is 13.1. The maximum Gasteiger partial charge on any atom is 0.472 e. The van der Waals surface area contributed by atoms with E-state index in [4.69, 9.17) is 37.0 Å². The number of esters is 4. The Morgan fingerprint density at radius 2 is 0.469 bits per heavy atom. The Kier molecular flexibility index (Phi) is 70.6. The molecule has 17 nitrogen and oxygen atoms in total. The average Bonchev–Trinajstić information content (AvgIpc) is 1.08. The molecule has 0 rings (SSSR count). The number of phosphoric ester groups is 2. The van der Waals surface area contributed by atoms with Crippen LogP contribution in [0, 0.1) is 5.92 Å². The smallest absolute Gasteiger partial charge is 0.462 e. The highest BCUT2D eigenvalue weighted by Crippen LogP contribution is 2.45. The van der Waals surface area contributed by atoms with Crippen molar-refractivity contribution in [3.05, 3.63) is 0 Å². The molecular weight excluding hydrogens is 1280 g/mol. The quantitative estimate of drug-likeness (QED) is 0.0222. The summed E-state index contributed by atoms with van der Waals surface area (Å²) in [5.74, 6) is -1.34. The molecule has 0 aromatic rings. The molecule has 0 aromatic carbocycles. The predicted molar refractivity (Wildman–Crippen MR) is 400 cm³/mol. The molecule has 0 saturated heterocycles. The van der Waals surface area contributed by atoms with Gasteiger partial charge < -0.3 is 33.8 Å². The van der Waals surface area contributed by atoms with E-state index in [-0.39, 0.29) is 25.7 Å². The third-order valence-electron chi connectivity index (χ3n) is 18.5. The summed E-state index contributed by atoms with van der Waals surface area (Å²) < 4.78 is 68.6. The van der Waals surface area contributed by atoms with Crippen LogP contribution in [0.3, 0.4) is 0 Å². The molecular formula is C79H154O17P2. The van der Waals surface area contributed by atoms with Gasteiger partial charge in [-0.1, -0.05) is 369 Å². The number of rotatable bonds is 79. The van der Waals surface area contributed by atoms with Gasteiger partial charge >= 0.3 is 39.5 Å². The van der Waals surface area contributed by atoms with Gasteiger partial charge in [-0.05, 0) is 31.6 Å². The number of carbonyl (C=O) groups is 4. The Labute approximate surface area is 600 Å². The zero-order valence-corrected chi connectivity index (χ0v) is 65.7. The zero-order valence-electron chi connectivity index (χ0n) is 63.9. The van der Waals surface area contributed by atoms with Gasteiger partial charge in [0, 0.05) is 25.7 Å². The number of carbonyl (C=O) groups excluding carboxylic acids is 4. The van der Waals surface area contributed by atoms with Crippen molar-refractivity contribution in [3.63, 3.8) is 0 Å². The van der Waals surface area contributed by atoms with Crippen molar-refractivity contribution >= 4 is 39.5 Å². The van der Waals surface area contributed by atoms with Crippen LogP contribution in [0.1, 0.15) is 420 Å². The Morgan fingerprint density at radius 1 is 0.276 bits per heavy atom. The largest absolute Gasteiger partial charge is 0.472 e. The van der Waals surface area contributed by atoms with Crippen LogP contribution in [0.4, 0.5) is 0 Å². The van der Waals surface area contributed by atoms with Crippen molar-refractivity contribution < 1.29 is 80.2 Å². The Morgan fingerprint density at radius 3 is 0.694 bits per heavy atom. The highest BCUT2D eigenvalue weighted by molar-refractivity contribution is 7.47. The van der Waals surface area contributed by atoms with Gasteiger partial charge in [0.05, 0.1) is 26.4 Å². The first kappa shape index (κ1) is 96.1. The van der Waals surface area contributed by atoms with Crippen LogP contribution >= 0.6 is 15.6 Å². The molecule has 0 spiro atoms. The first-order valence-electron chi connectivity index (χ1n) is 41.1. The van der Waals surface area contributed by atoms with Crippen molar-refractivity contribution in [2.24, 2.45) is 5.92 Å². The number of hydrogen-bond donors (Lipinski definition) is 3. The van der Waals surface area contributed by atoms with Gasteiger partial charge in [0.25, 0.3) is 0 Å². The normalized spacial score (nSPS) is 13.9. The fourth-order valence-electron chi connectivity index (χ4n) is 12.2. The van der Waals surface area contributed by atoms with Crippen LogP contribution in [0.2, 0.25) is 0 Å². The van der Waals surface area contributed by atoms with Crippen LogP contribution in [0.25, 0.3) is 0 Å². The fourth-order valence-corrected chi connectivity index (χ4v) is 13.8. The first-order chi connectivity index (χ1) is 47.5. The Balaban J connectivity index is 5.20. The summed E-state index contributed by atoms with van der Waals surface area (Å²) in [6, 6.07) is 0. The molecule has 19 heteroatoms. The van der Waals surface area contributed by atoms with Crippen molar-refractivity contribution in [2.75, 3.05) is 39.6 Å². The third-order valence-corrected chi connectivity index (χ3v) is 20.4. The van der Waals surface area contributed by atoms with E-state index in [2.05, 4.69) is 34.6 Å². The summed E-state index contributed by atoms with van der Waals surface area (Å²) in [5, 5.41) is 10.6. The van der Waals surface area contributed by atoms with Crippen molar-refractivity contribution in [3.8, 4) is 0 Å². The maximum absolute atomic E-state index is 13.1. The summed E-state index contributed by atoms with van der Waals surface area (Å²) in [6.07, 6.45) is 62.5. The SMILES string of the molecule is CCCCCCCCCCCCCCCCCCCCCCCC(=O)O[C@H](COC(=O)CCCCCCCCCCCCCC(C)C)COP(=O)(O)OC[C@@H](O)COP(=O)(O)OC[C@@H](COC(=O)CCCCCCCCCCC)OC(=O)CCCCCCCCCCCCCCCC. The number of ether oxygens (including phenoxy) is 4. The minimum absolute atomic E-state index is 0.108. The molecule has 5 atom stereocenters. The van der Waals surface area contributed by atoms with E-state index in [1.54, 1.807) is 0 Å². The van der Waals surface area contributed by atoms with E-state index >= 15 is 0 Å². The van der Waals surface area contributed by atoms with Gasteiger partial charge in [0.1, 0.15) is 19.3 Å². The summed E-state index contributed by atoms with van der Waals surface area (Å²) in [5.41, 5.74) is 0. The molecule has 0 heterocycles. The zero-order chi connectivity index (χ0) is 71.9. The van der Waals surface area contributed by atoms with Crippen LogP contribution in [-0.4, -0.2) is 96.7 Å². The number of aliphatic hydroxyl groups excluding tert-OH is 1. The van der Waals surface area contributed by atoms with Gasteiger partial charge in [-0.3, -0.25) is 37.3 Å². The monoisotopic (exact) mass is 1440 g/mol. The van der Waals surface area contributed by atoms with E-state index in [1.807, 2.05) is 0 Å². The second kappa shape index (κ2) is 72.0. The molecule has 0 amide bonds. The van der Waals surface area contributed by atoms with Crippen molar-refractivity contribution in [2.45, 2.75) is 438 Å². The number of unbranched alkanes of at least 4 members (excludes halogenated alkanes) is 51. The van der Waals surface area contributed by atoms with E-state index in [9.17, 15) is 43.2 Å². The minimum Gasteiger partial charge on any atom is -0.462 e. The van der Waals surface area contributed by atoms with E-state index in [0.29, 0.717) is 25.7 Å². The first-order valence-corrected chi connectivity index (χ1v) is 44.1. The molecule has 0 saturated carbocycles. The summed E-state index contributed by atoms with van der Waals surface area (Å²) in [6.45, 7) is 7.30. The molecule has 0 bridgehead atoms. The number of phosphoric acid groups is 2. The molecule has 0 radical (unpaired) electrons. The third kappa shape index (κ3) is 72.4. The highest BCUT2D eigenvalue weighted by Gasteiger charge is 2.30. The van der Waals surface area contributed by atoms with Gasteiger partial charge in [-0.25, -0.2) is 9.13 Å². The van der Waals surface area contributed by atoms with E-state index in [0.717, 1.165) is 95.8 Å². The van der Waals surface area contributed by atoms with Gasteiger partial charge in [-0.15, -0.1) is 0 Å². The molecule has 0 aliphatic carbocycles. The number of aliphatic hydroxyl groups is 1. The molecule has 0 aliphatic heterocycles. The van der Waals surface area contributed by atoms with Gasteiger partial charge in [0.15, 0.2) is 12.2 Å². The highest BCUT2D eigenvalue weighted by atomic mass is 31.2. The second-order valence-electron chi connectivity index (χ2n) is 28.9. The number of hydrogen-bond acceptors (Lipinski definition) is 15. The lowest BCUT2D eigenvalue weighted by Crippen LogP contribution is -2.30. The summed E-state index contributed by atoms with van der Waals surface area (Å²) in [4.78, 5) is 72.9. The van der Waals surface area contributed by atoms with Crippen LogP contribution in [-0.2, 0) is 65.4 Å². The van der Waals surface area contributed by atoms with Crippen molar-refractivity contribution in [1.29, 1.82) is 0 Å². The lowest BCUT2D eigenvalue weighted by Gasteiger charge is -2.21. The van der Waals surface area contributed by atoms with Crippen LogP contribution in [0.5, 0.6) is 0 Å². The Bertz CT molecular complexity index is 1870. The molecule has 2 unspecified atom stereocenters. The lowest BCUT2D eigenvalue weighted by atomic mass is 10.0. The topological polar surface area (TPSA) is 237 Å². The summed E-state index contributed by atoms with van der Waals surface area (Å²) >= 11 is 0. The molecule has 98 heavy (non-hydrogen) atoms. The van der Waals surface area contributed by atoms with Crippen LogP contribution in [0.15, 0.2) is 0 Å². The average molecular weight is 1440 g/mol. The summed E-state index contributed by atoms with van der Waals surface area (Å²) in [7, 11) is -9.91. The Hall–Kier alpha value is -1.94. The lowest BCUT2D eigenvalue weighted by molar-refractivity contribution is -0.161. The predicted octanol–water partition coefficient (Wildman–Crippen LogP) is 23.6. The standard InChI is InChI=1S/C79H154O17P2/c1-6-9-12-15-18-21-23-25-27-28-29-30-31-32-33-35-39-45-50-55-60-65-79(84)96-75(69-90-77(82)63-58-53-48-43-40-36-37-42-46-51-56-61-72(4)5)71-94-98(87,88)92-67-73(80)66-91-97(85,86)93-70-74(68-89-76(81)62-57-52-47-41-20-17-14-11-8-3)95-78(83)64-59-54-49-44-38-34-26-24-22-19-16-13-10-7-2/h72-75,80H,6-71H2,1-5H3,(H,85,86)(H,87,88)/t73-,74+,75+/m0/s1. The van der Waals surface area contributed by atoms with Crippen molar-refractivity contribution in [1.82, 2.24) is 0 Å². The van der Waals surface area contributed by atoms with Gasteiger partial charge in [-0.2, -0.15) is 0 Å². The van der Waals surface area contributed by atoms with Crippen LogP contribution < -0.4 is 0 Å². The molecule has 582 valence electrons. The second-order valence-corrected chi connectivity index (χ2v) is 31.8. The van der Waals surface area contributed by atoms with E-state index in [1.165, 1.54) is 244 Å². The molecule has 3 N–H and O–H groups in total. The minimum atomic E-state index is -4.96. The molecule has 0 aliphatic rings. The molecule has 0 fully saturated rings. The van der Waals surface area contributed by atoms with Gasteiger partial charge in [0.2, 0.25) is 0 Å². The van der Waals surface area contributed by atoms with E-state index < -0.39 is 97.5 Å². The molecule has 0 aromatic heterocycles.